The van der Waals surface area contributed by atoms with Crippen LogP contribution in [-0.4, -0.2) is 33.1 Å². The van der Waals surface area contributed by atoms with Gasteiger partial charge >= 0.3 is 0 Å². The number of para-hydroxylation sites is 2. The van der Waals surface area contributed by atoms with Crippen molar-refractivity contribution in [2.24, 2.45) is 0 Å². The van der Waals surface area contributed by atoms with Crippen molar-refractivity contribution in [1.82, 2.24) is 24.8 Å². The van der Waals surface area contributed by atoms with Crippen LogP contribution in [-0.2, 0) is 6.42 Å². The Bertz CT molecular complexity index is 1900. The molecule has 0 aliphatic heterocycles. The Morgan fingerprint density at radius 3 is 2.27 bits per heavy atom. The van der Waals surface area contributed by atoms with E-state index in [1.165, 1.54) is 44.4 Å². The van der Waals surface area contributed by atoms with Crippen molar-refractivity contribution in [2.75, 3.05) is 13.6 Å². The van der Waals surface area contributed by atoms with Gasteiger partial charge in [-0.05, 0) is 75.3 Å². The van der Waals surface area contributed by atoms with E-state index in [9.17, 15) is 0 Å². The number of fused-ring (bicyclic) bond motifs is 4. The number of aromatic nitrogens is 4. The molecule has 0 aliphatic rings. The van der Waals surface area contributed by atoms with Gasteiger partial charge in [0.1, 0.15) is 6.33 Å². The fraction of sp³-hybridized carbons (Fsp3) is 0.143. The molecule has 0 spiro atoms. The summed E-state index contributed by atoms with van der Waals surface area (Å²) < 4.78 is 2.40. The fourth-order valence-corrected chi connectivity index (χ4v) is 5.48. The number of likely N-dealkylation sites (N-methyl/N-ethyl adjacent to an activating group) is 1. The van der Waals surface area contributed by atoms with E-state index in [-0.39, 0.29) is 0 Å². The highest BCUT2D eigenvalue weighted by atomic mass is 15.0. The highest BCUT2D eigenvalue weighted by molar-refractivity contribution is 6.05. The van der Waals surface area contributed by atoms with Crippen molar-refractivity contribution in [3.8, 4) is 16.9 Å². The summed E-state index contributed by atoms with van der Waals surface area (Å²) >= 11 is 0. The van der Waals surface area contributed by atoms with Crippen molar-refractivity contribution in [2.45, 2.75) is 20.3 Å². The second-order valence-electron chi connectivity index (χ2n) is 10.1. The summed E-state index contributed by atoms with van der Waals surface area (Å²) in [7, 11) is 2.01. The molecule has 3 aromatic heterocycles. The van der Waals surface area contributed by atoms with Crippen molar-refractivity contribution >= 4 is 32.8 Å². The van der Waals surface area contributed by atoms with Crippen LogP contribution in [0.5, 0.6) is 0 Å². The van der Waals surface area contributed by atoms with Crippen molar-refractivity contribution in [1.29, 1.82) is 0 Å². The third-order valence-electron chi connectivity index (χ3n) is 7.39. The van der Waals surface area contributed by atoms with Crippen LogP contribution in [0.1, 0.15) is 16.8 Å². The van der Waals surface area contributed by atoms with Gasteiger partial charge in [-0.15, -0.1) is 0 Å². The third kappa shape index (κ3) is 4.76. The molecule has 0 aliphatic carbocycles. The zero-order valence-electron chi connectivity index (χ0n) is 23.1. The molecule has 0 saturated heterocycles. The van der Waals surface area contributed by atoms with Crippen molar-refractivity contribution in [3.05, 3.63) is 126 Å². The number of benzene rings is 4. The number of aryl methyl sites for hydroxylation is 2. The zero-order valence-corrected chi connectivity index (χ0v) is 23.1. The largest absolute Gasteiger partial charge is 0.352 e. The predicted octanol–water partition coefficient (Wildman–Crippen LogP) is 7.79. The van der Waals surface area contributed by atoms with Crippen LogP contribution >= 0.6 is 0 Å². The monoisotopic (exact) mass is 523 g/mol. The van der Waals surface area contributed by atoms with Gasteiger partial charge in [0.15, 0.2) is 0 Å². The number of rotatable bonds is 5. The van der Waals surface area contributed by atoms with E-state index in [4.69, 9.17) is 0 Å². The van der Waals surface area contributed by atoms with Crippen LogP contribution in [0.15, 0.2) is 109 Å². The Balaban J connectivity index is 0.000000164. The Morgan fingerprint density at radius 2 is 1.50 bits per heavy atom. The van der Waals surface area contributed by atoms with Gasteiger partial charge in [-0.2, -0.15) is 0 Å². The Kier molecular flexibility index (Phi) is 7.13. The minimum absolute atomic E-state index is 0.961. The quantitative estimate of drug-likeness (QED) is 0.242. The highest BCUT2D eigenvalue weighted by Gasteiger charge is 2.19. The first-order valence-electron chi connectivity index (χ1n) is 13.7. The summed E-state index contributed by atoms with van der Waals surface area (Å²) in [6.07, 6.45) is 2.62. The maximum absolute atomic E-state index is 4.33. The molecular formula is C35H33N5. The topological polar surface area (TPSA) is 58.5 Å². The normalized spacial score (nSPS) is 11.2. The lowest BCUT2D eigenvalue weighted by molar-refractivity contribution is 0.794. The molecule has 0 fully saturated rings. The summed E-state index contributed by atoms with van der Waals surface area (Å²) in [5.74, 6) is 0. The molecule has 4 aromatic carbocycles. The van der Waals surface area contributed by atoms with Crippen LogP contribution in [0, 0.1) is 13.8 Å². The summed E-state index contributed by atoms with van der Waals surface area (Å²) in [5, 5.41) is 5.81. The van der Waals surface area contributed by atoms with Crippen LogP contribution in [0.3, 0.4) is 0 Å². The lowest BCUT2D eigenvalue weighted by Gasteiger charge is -2.13. The molecule has 0 bridgehead atoms. The first kappa shape index (κ1) is 25.5. The molecule has 7 rings (SSSR count). The average Bonchev–Trinajstić information content (AvgIpc) is 3.54. The number of hydrogen-bond acceptors (Lipinski definition) is 3. The predicted molar refractivity (Wildman–Crippen MR) is 167 cm³/mol. The molecular weight excluding hydrogens is 490 g/mol. The minimum atomic E-state index is 0.961. The molecule has 5 nitrogen and oxygen atoms in total. The van der Waals surface area contributed by atoms with E-state index < -0.39 is 0 Å². The van der Waals surface area contributed by atoms with Crippen LogP contribution in [0.25, 0.3) is 49.8 Å². The van der Waals surface area contributed by atoms with Gasteiger partial charge in [0.2, 0.25) is 0 Å². The molecule has 2 N–H and O–H groups in total. The molecule has 3 heterocycles. The molecule has 198 valence electrons. The first-order valence-corrected chi connectivity index (χ1v) is 13.7. The maximum atomic E-state index is 4.33. The van der Waals surface area contributed by atoms with E-state index in [0.717, 1.165) is 35.2 Å². The van der Waals surface area contributed by atoms with E-state index in [2.05, 4.69) is 135 Å². The molecule has 5 heteroatoms. The average molecular weight is 524 g/mol. The van der Waals surface area contributed by atoms with Crippen LogP contribution in [0.4, 0.5) is 0 Å². The zero-order chi connectivity index (χ0) is 27.5. The van der Waals surface area contributed by atoms with E-state index in [0.29, 0.717) is 0 Å². The molecule has 40 heavy (non-hydrogen) atoms. The number of nitrogens with one attached hydrogen (secondary N) is 2. The first-order chi connectivity index (χ1) is 19.7. The third-order valence-corrected chi connectivity index (χ3v) is 7.39. The summed E-state index contributed by atoms with van der Waals surface area (Å²) in [4.78, 5) is 11.9. The summed E-state index contributed by atoms with van der Waals surface area (Å²) in [5.41, 5.74) is 11.8. The smallest absolute Gasteiger partial charge is 0.116 e. The van der Waals surface area contributed by atoms with Crippen molar-refractivity contribution in [3.63, 3.8) is 0 Å². The summed E-state index contributed by atoms with van der Waals surface area (Å²) in [6, 6.07) is 36.4. The lowest BCUT2D eigenvalue weighted by Crippen LogP contribution is -2.11. The molecule has 0 unspecified atom stereocenters. The lowest BCUT2D eigenvalue weighted by atomic mass is 10.0. The Hall–Kier alpha value is -4.74. The number of nitrogens with zero attached hydrogens (tertiary/aromatic N) is 3. The van der Waals surface area contributed by atoms with Gasteiger partial charge < -0.3 is 14.9 Å². The Morgan fingerprint density at radius 1 is 0.775 bits per heavy atom. The molecule has 7 aromatic rings. The Labute approximate surface area is 234 Å². The molecule has 0 radical (unpaired) electrons. The fourth-order valence-electron chi connectivity index (χ4n) is 5.48. The number of hydrogen-bond donors (Lipinski definition) is 2. The van der Waals surface area contributed by atoms with Gasteiger partial charge in [-0.25, -0.2) is 9.97 Å². The van der Waals surface area contributed by atoms with Gasteiger partial charge in [-0.3, -0.25) is 0 Å². The second-order valence-corrected chi connectivity index (χ2v) is 10.1. The number of H-pyrrole nitrogens is 1. The van der Waals surface area contributed by atoms with Crippen molar-refractivity contribution < 1.29 is 0 Å². The highest BCUT2D eigenvalue weighted by Crippen LogP contribution is 2.36. The molecule has 0 atom stereocenters. The molecule has 0 saturated carbocycles. The van der Waals surface area contributed by atoms with Gasteiger partial charge in [-0.1, -0.05) is 78.4 Å². The maximum Gasteiger partial charge on any atom is 0.116 e. The van der Waals surface area contributed by atoms with Gasteiger partial charge in [0.25, 0.3) is 0 Å². The van der Waals surface area contributed by atoms with Crippen LogP contribution < -0.4 is 5.32 Å². The number of aromatic amines is 1. The van der Waals surface area contributed by atoms with E-state index >= 15 is 0 Å². The van der Waals surface area contributed by atoms with Crippen LogP contribution in [0.2, 0.25) is 0 Å². The molecule has 0 amide bonds. The standard InChI is InChI=1S/C23H22N2.C12H11N3/c1-24-17-16-21-20-14-8-9-15-22(20)25(19-12-6-3-7-13-19)23(21)18-10-4-2-5-11-18;1-7-3-4-10-9(5-7)12-11(15-10)8(2)13-6-14-12/h2-15,24H,16-17H2,1H3;3-6,15H,1-2H3. The van der Waals surface area contributed by atoms with Gasteiger partial charge in [0.05, 0.1) is 27.9 Å². The summed E-state index contributed by atoms with van der Waals surface area (Å²) in [6.45, 7) is 5.04. The second kappa shape index (κ2) is 11.2. The van der Waals surface area contributed by atoms with E-state index in [1.54, 1.807) is 6.33 Å². The van der Waals surface area contributed by atoms with Gasteiger partial charge in [0, 0.05) is 22.0 Å². The SMILES string of the molecule is CNCCc1c(-c2ccccc2)n(-c2ccccc2)c2ccccc12.Cc1ccc2[nH]c3c(C)ncnc3c2c1. The van der Waals surface area contributed by atoms with E-state index in [1.807, 2.05) is 14.0 Å². The minimum Gasteiger partial charge on any atom is -0.352 e.